The summed E-state index contributed by atoms with van der Waals surface area (Å²) < 4.78 is 42.5. The third-order valence-electron chi connectivity index (χ3n) is 4.65. The summed E-state index contributed by atoms with van der Waals surface area (Å²) in [6.07, 6.45) is -5.45. The van der Waals surface area contributed by atoms with E-state index in [1.807, 2.05) is 12.2 Å². The van der Waals surface area contributed by atoms with Gasteiger partial charge in [-0.2, -0.15) is 18.4 Å². The fraction of sp³-hybridized carbons (Fsp3) is 0.200. The van der Waals surface area contributed by atoms with Gasteiger partial charge >= 0.3 is 6.18 Å². The minimum Gasteiger partial charge on any atom is -0.508 e. The summed E-state index contributed by atoms with van der Waals surface area (Å²) >= 11 is 0. The van der Waals surface area contributed by atoms with E-state index in [9.17, 15) is 28.3 Å². The maximum atomic E-state index is 14.2. The molecule has 138 valence electrons. The first-order valence-electron chi connectivity index (χ1n) is 8.07. The SMILES string of the molecule is Cc1ccc(C2=C(C#N)C(=O)NC(c3ccc(O)cc3)(C(F)(F)F)C2)cc1. The summed E-state index contributed by atoms with van der Waals surface area (Å²) in [5.41, 5.74) is -1.93. The van der Waals surface area contributed by atoms with Crippen LogP contribution >= 0.6 is 0 Å². The van der Waals surface area contributed by atoms with Crippen molar-refractivity contribution >= 4 is 11.5 Å². The van der Waals surface area contributed by atoms with E-state index in [0.717, 1.165) is 29.8 Å². The molecule has 3 rings (SSSR count). The molecule has 0 saturated carbocycles. The van der Waals surface area contributed by atoms with Crippen LogP contribution in [0.5, 0.6) is 5.75 Å². The van der Waals surface area contributed by atoms with E-state index in [1.54, 1.807) is 30.3 Å². The zero-order valence-electron chi connectivity index (χ0n) is 14.3. The molecule has 0 fully saturated rings. The molecule has 7 heteroatoms. The molecule has 27 heavy (non-hydrogen) atoms. The monoisotopic (exact) mass is 372 g/mol. The second kappa shape index (κ2) is 6.47. The van der Waals surface area contributed by atoms with Crippen molar-refractivity contribution in [1.29, 1.82) is 5.26 Å². The van der Waals surface area contributed by atoms with Gasteiger partial charge in [0.15, 0.2) is 5.54 Å². The van der Waals surface area contributed by atoms with Gasteiger partial charge in [-0.1, -0.05) is 42.0 Å². The zero-order chi connectivity index (χ0) is 19.8. The van der Waals surface area contributed by atoms with Gasteiger partial charge in [0.05, 0.1) is 0 Å². The van der Waals surface area contributed by atoms with E-state index in [-0.39, 0.29) is 22.5 Å². The van der Waals surface area contributed by atoms with Gasteiger partial charge in [0.1, 0.15) is 17.4 Å². The van der Waals surface area contributed by atoms with Gasteiger partial charge in [-0.25, -0.2) is 0 Å². The number of rotatable bonds is 2. The smallest absolute Gasteiger partial charge is 0.416 e. The number of amides is 1. The normalized spacial score (nSPS) is 20.2. The second-order valence-corrected chi connectivity index (χ2v) is 6.41. The first kappa shape index (κ1) is 18.5. The van der Waals surface area contributed by atoms with Gasteiger partial charge in [-0.15, -0.1) is 0 Å². The number of nitrogens with zero attached hydrogens (tertiary/aromatic N) is 1. The number of benzene rings is 2. The number of carbonyl (C=O) groups excluding carboxylic acids is 1. The van der Waals surface area contributed by atoms with Gasteiger partial charge in [-0.05, 0) is 35.8 Å². The van der Waals surface area contributed by atoms with Crippen LogP contribution in [-0.4, -0.2) is 17.2 Å². The highest BCUT2D eigenvalue weighted by molar-refractivity contribution is 6.07. The molecule has 0 bridgehead atoms. The summed E-state index contributed by atoms with van der Waals surface area (Å²) in [6.45, 7) is 1.83. The molecular formula is C20H15F3N2O2. The lowest BCUT2D eigenvalue weighted by molar-refractivity contribution is -0.201. The van der Waals surface area contributed by atoms with E-state index in [4.69, 9.17) is 0 Å². The number of phenols is 1. The van der Waals surface area contributed by atoms with Crippen LogP contribution in [0.25, 0.3) is 5.57 Å². The quantitative estimate of drug-likeness (QED) is 0.838. The maximum Gasteiger partial charge on any atom is 0.416 e. The number of hydrogen-bond acceptors (Lipinski definition) is 3. The number of aromatic hydroxyl groups is 1. The molecule has 1 atom stereocenters. The summed E-state index contributed by atoms with van der Waals surface area (Å²) in [4.78, 5) is 12.4. The topological polar surface area (TPSA) is 73.1 Å². The lowest BCUT2D eigenvalue weighted by Crippen LogP contribution is -2.58. The van der Waals surface area contributed by atoms with E-state index in [1.165, 1.54) is 0 Å². The van der Waals surface area contributed by atoms with Gasteiger partial charge in [0, 0.05) is 6.42 Å². The average Bonchev–Trinajstić information content (AvgIpc) is 2.61. The molecule has 2 N–H and O–H groups in total. The lowest BCUT2D eigenvalue weighted by Gasteiger charge is -2.40. The number of aryl methyl sites for hydroxylation is 1. The summed E-state index contributed by atoms with van der Waals surface area (Å²) in [6, 6.07) is 12.8. The summed E-state index contributed by atoms with van der Waals surface area (Å²) in [7, 11) is 0. The molecule has 0 saturated heterocycles. The third-order valence-corrected chi connectivity index (χ3v) is 4.65. The van der Waals surface area contributed by atoms with Crippen LogP contribution in [0.1, 0.15) is 23.1 Å². The molecule has 1 amide bonds. The predicted octanol–water partition coefficient (Wildman–Crippen LogP) is 3.96. The molecule has 1 unspecified atom stereocenters. The minimum absolute atomic E-state index is 0.0339. The number of nitrogens with one attached hydrogen (secondary N) is 1. The highest BCUT2D eigenvalue weighted by Gasteiger charge is 2.59. The maximum absolute atomic E-state index is 14.2. The van der Waals surface area contributed by atoms with E-state index in [2.05, 4.69) is 0 Å². The molecule has 0 aliphatic carbocycles. The van der Waals surface area contributed by atoms with Crippen molar-refractivity contribution in [3.05, 3.63) is 70.8 Å². The Morgan fingerprint density at radius 2 is 1.70 bits per heavy atom. The van der Waals surface area contributed by atoms with Gasteiger partial charge in [-0.3, -0.25) is 4.79 Å². The highest BCUT2D eigenvalue weighted by atomic mass is 19.4. The second-order valence-electron chi connectivity index (χ2n) is 6.41. The van der Waals surface area contributed by atoms with Gasteiger partial charge in [0.2, 0.25) is 0 Å². The fourth-order valence-electron chi connectivity index (χ4n) is 3.17. The Labute approximate surface area is 153 Å². The molecule has 2 aromatic carbocycles. The average molecular weight is 372 g/mol. The Morgan fingerprint density at radius 3 is 2.22 bits per heavy atom. The largest absolute Gasteiger partial charge is 0.508 e. The van der Waals surface area contributed by atoms with Gasteiger partial charge < -0.3 is 10.4 Å². The molecule has 0 radical (unpaired) electrons. The Kier molecular flexibility index (Phi) is 4.44. The predicted molar refractivity (Wildman–Crippen MR) is 92.3 cm³/mol. The number of alkyl halides is 3. The van der Waals surface area contributed by atoms with Crippen molar-refractivity contribution in [2.45, 2.75) is 25.1 Å². The van der Waals surface area contributed by atoms with Crippen LogP contribution in [0.15, 0.2) is 54.1 Å². The van der Waals surface area contributed by atoms with Crippen molar-refractivity contribution in [3.63, 3.8) is 0 Å². The van der Waals surface area contributed by atoms with Crippen molar-refractivity contribution < 1.29 is 23.1 Å². The van der Waals surface area contributed by atoms with Crippen LogP contribution in [-0.2, 0) is 10.3 Å². The van der Waals surface area contributed by atoms with Gasteiger partial charge in [0.25, 0.3) is 5.91 Å². The Hall–Kier alpha value is -3.27. The molecule has 1 aliphatic heterocycles. The number of carbonyl (C=O) groups is 1. The standard InChI is InChI=1S/C20H15F3N2O2/c1-12-2-4-13(5-3-12)16-10-19(20(21,22)23,25-18(27)17(16)11-24)14-6-8-15(26)9-7-14/h2-9,26H,10H2,1H3,(H,25,27). The summed E-state index contributed by atoms with van der Waals surface area (Å²) in [5, 5.41) is 20.7. The van der Waals surface area contributed by atoms with Crippen molar-refractivity contribution in [3.8, 4) is 11.8 Å². The van der Waals surface area contributed by atoms with Crippen molar-refractivity contribution in [2.75, 3.05) is 0 Å². The zero-order valence-corrected chi connectivity index (χ0v) is 14.3. The number of halogens is 3. The van der Waals surface area contributed by atoms with E-state index in [0.29, 0.717) is 5.56 Å². The van der Waals surface area contributed by atoms with Crippen molar-refractivity contribution in [1.82, 2.24) is 5.32 Å². The number of phenolic OH excluding ortho intramolecular Hbond substituents is 1. The van der Waals surface area contributed by atoms with E-state index < -0.39 is 24.0 Å². The number of nitriles is 1. The Balaban J connectivity index is 2.22. The van der Waals surface area contributed by atoms with Crippen LogP contribution < -0.4 is 5.32 Å². The molecule has 0 aromatic heterocycles. The Morgan fingerprint density at radius 1 is 1.11 bits per heavy atom. The number of hydrogen-bond donors (Lipinski definition) is 2. The third kappa shape index (κ3) is 3.14. The molecule has 2 aromatic rings. The molecule has 1 heterocycles. The molecule has 4 nitrogen and oxygen atoms in total. The lowest BCUT2D eigenvalue weighted by atomic mass is 9.76. The van der Waals surface area contributed by atoms with Crippen LogP contribution in [0, 0.1) is 18.3 Å². The Bertz CT molecular complexity index is 955. The van der Waals surface area contributed by atoms with Crippen LogP contribution in [0.4, 0.5) is 13.2 Å². The first-order chi connectivity index (χ1) is 12.7. The highest BCUT2D eigenvalue weighted by Crippen LogP contribution is 2.48. The molecular weight excluding hydrogens is 357 g/mol. The minimum atomic E-state index is -4.82. The molecule has 0 spiro atoms. The van der Waals surface area contributed by atoms with Crippen LogP contribution in [0.3, 0.4) is 0 Å². The molecule has 1 aliphatic rings. The summed E-state index contributed by atoms with van der Waals surface area (Å²) in [5.74, 6) is -1.27. The first-order valence-corrected chi connectivity index (χ1v) is 8.07. The fourth-order valence-corrected chi connectivity index (χ4v) is 3.17. The van der Waals surface area contributed by atoms with E-state index >= 15 is 0 Å². The van der Waals surface area contributed by atoms with Crippen LogP contribution in [0.2, 0.25) is 0 Å². The van der Waals surface area contributed by atoms with Crippen molar-refractivity contribution in [2.24, 2.45) is 0 Å².